The molecule has 5 rings (SSSR count). The molecule has 1 aliphatic carbocycles. The van der Waals surface area contributed by atoms with Crippen LogP contribution in [0.4, 0.5) is 5.69 Å². The lowest BCUT2D eigenvalue weighted by atomic mass is 9.94. The molecule has 49 heavy (non-hydrogen) atoms. The lowest BCUT2D eigenvalue weighted by molar-refractivity contribution is -0.140. The Morgan fingerprint density at radius 3 is 2.14 bits per heavy atom. The van der Waals surface area contributed by atoms with E-state index in [1.54, 1.807) is 29.2 Å². The van der Waals surface area contributed by atoms with Crippen LogP contribution in [0.3, 0.4) is 0 Å². The fraction of sp³-hybridized carbons (Fsp3) is 0.350. The Kier molecular flexibility index (Phi) is 12.1. The number of nitrogens with one attached hydrogen (secondary N) is 1. The van der Waals surface area contributed by atoms with Crippen LogP contribution in [0, 0.1) is 13.8 Å². The summed E-state index contributed by atoms with van der Waals surface area (Å²) in [5.74, 6) is -0.152. The van der Waals surface area contributed by atoms with E-state index in [-0.39, 0.29) is 29.8 Å². The molecule has 8 nitrogen and oxygen atoms in total. The molecular weight excluding hydrogens is 635 g/mol. The highest BCUT2D eigenvalue weighted by Crippen LogP contribution is 2.27. The van der Waals surface area contributed by atoms with Crippen molar-refractivity contribution in [2.24, 2.45) is 0 Å². The van der Waals surface area contributed by atoms with Gasteiger partial charge in [0.05, 0.1) is 17.2 Å². The van der Waals surface area contributed by atoms with Crippen molar-refractivity contribution in [1.29, 1.82) is 0 Å². The summed E-state index contributed by atoms with van der Waals surface area (Å²) in [5, 5.41) is 3.26. The van der Waals surface area contributed by atoms with Crippen molar-refractivity contribution in [3.05, 3.63) is 125 Å². The predicted octanol–water partition coefficient (Wildman–Crippen LogP) is 6.99. The lowest BCUT2D eigenvalue weighted by Crippen LogP contribution is -2.55. The van der Waals surface area contributed by atoms with Gasteiger partial charge in [-0.05, 0) is 81.1 Å². The number of hydrogen-bond acceptors (Lipinski definition) is 5. The van der Waals surface area contributed by atoms with Crippen molar-refractivity contribution < 1.29 is 22.7 Å². The zero-order valence-corrected chi connectivity index (χ0v) is 29.5. The molecule has 0 bridgehead atoms. The first kappa shape index (κ1) is 35.7. The van der Waals surface area contributed by atoms with E-state index in [2.05, 4.69) is 5.32 Å². The van der Waals surface area contributed by atoms with Gasteiger partial charge in [0.1, 0.15) is 18.3 Å². The summed E-state index contributed by atoms with van der Waals surface area (Å²) >= 11 is 0. The minimum Gasteiger partial charge on any atom is -0.494 e. The number of amides is 2. The third-order valence-corrected chi connectivity index (χ3v) is 10.8. The summed E-state index contributed by atoms with van der Waals surface area (Å²) in [6, 6.07) is 29.9. The minimum atomic E-state index is -4.20. The van der Waals surface area contributed by atoms with E-state index < -0.39 is 28.5 Å². The molecule has 4 aromatic rings. The topological polar surface area (TPSA) is 96.0 Å². The maximum atomic E-state index is 14.7. The van der Waals surface area contributed by atoms with Crippen LogP contribution in [0.25, 0.3) is 0 Å². The van der Waals surface area contributed by atoms with Gasteiger partial charge in [-0.15, -0.1) is 0 Å². The maximum absolute atomic E-state index is 14.7. The van der Waals surface area contributed by atoms with Gasteiger partial charge in [-0.2, -0.15) is 0 Å². The van der Waals surface area contributed by atoms with E-state index in [0.717, 1.165) is 58.7 Å². The summed E-state index contributed by atoms with van der Waals surface area (Å²) in [5.41, 5.74) is 4.10. The van der Waals surface area contributed by atoms with Crippen molar-refractivity contribution in [3.63, 3.8) is 0 Å². The molecule has 258 valence electrons. The quantitative estimate of drug-likeness (QED) is 0.155. The smallest absolute Gasteiger partial charge is 0.264 e. The number of anilines is 1. The van der Waals surface area contributed by atoms with Crippen LogP contribution >= 0.6 is 0 Å². The molecule has 0 aromatic heterocycles. The monoisotopic (exact) mass is 681 g/mol. The van der Waals surface area contributed by atoms with Gasteiger partial charge in [0, 0.05) is 19.0 Å². The van der Waals surface area contributed by atoms with Crippen LogP contribution in [-0.4, -0.2) is 50.4 Å². The molecule has 1 atom stereocenters. The van der Waals surface area contributed by atoms with Gasteiger partial charge < -0.3 is 15.0 Å². The van der Waals surface area contributed by atoms with E-state index in [9.17, 15) is 18.0 Å². The maximum Gasteiger partial charge on any atom is 0.264 e. The molecule has 1 saturated carbocycles. The number of sulfonamides is 1. The Morgan fingerprint density at radius 2 is 1.49 bits per heavy atom. The van der Waals surface area contributed by atoms with Crippen molar-refractivity contribution >= 4 is 27.5 Å². The van der Waals surface area contributed by atoms with Gasteiger partial charge in [-0.3, -0.25) is 13.9 Å². The first-order valence-corrected chi connectivity index (χ1v) is 18.6. The third kappa shape index (κ3) is 9.50. The average Bonchev–Trinajstić information content (AvgIpc) is 3.10. The van der Waals surface area contributed by atoms with Crippen LogP contribution in [0.15, 0.2) is 108 Å². The first-order valence-electron chi connectivity index (χ1n) is 17.2. The highest BCUT2D eigenvalue weighted by atomic mass is 32.2. The normalized spacial score (nSPS) is 14.1. The number of benzene rings is 4. The number of carbonyl (C=O) groups is 2. The SMILES string of the molecule is CCOc1ccc(S(=O)(=O)N(CC(=O)N(Cc2cccc(C)c2)C(Cc2ccccc2)C(=O)NC2CCCCC2)c2ccc(C)cc2)cc1. The zero-order valence-electron chi connectivity index (χ0n) is 28.7. The van der Waals surface area contributed by atoms with Crippen LogP contribution in [-0.2, 0) is 32.6 Å². The summed E-state index contributed by atoms with van der Waals surface area (Å²) in [6.45, 7) is 5.86. The average molecular weight is 682 g/mol. The number of carbonyl (C=O) groups excluding carboxylic acids is 2. The Balaban J connectivity index is 1.55. The molecule has 0 aliphatic heterocycles. The summed E-state index contributed by atoms with van der Waals surface area (Å²) in [6.07, 6.45) is 5.33. The Hall–Kier alpha value is -4.63. The third-order valence-electron chi connectivity index (χ3n) is 8.98. The molecule has 1 unspecified atom stereocenters. The molecular formula is C40H47N3O5S. The molecule has 0 radical (unpaired) electrons. The molecule has 1 aliphatic rings. The largest absolute Gasteiger partial charge is 0.494 e. The van der Waals surface area contributed by atoms with Crippen LogP contribution in [0.2, 0.25) is 0 Å². The van der Waals surface area contributed by atoms with E-state index in [4.69, 9.17) is 4.74 Å². The second kappa shape index (κ2) is 16.7. The highest BCUT2D eigenvalue weighted by Gasteiger charge is 2.35. The molecule has 0 saturated heterocycles. The Labute approximate surface area is 291 Å². The van der Waals surface area contributed by atoms with Crippen molar-refractivity contribution in [2.75, 3.05) is 17.5 Å². The first-order chi connectivity index (χ1) is 23.6. The summed E-state index contributed by atoms with van der Waals surface area (Å²) < 4.78 is 35.4. The van der Waals surface area contributed by atoms with E-state index in [0.29, 0.717) is 18.0 Å². The van der Waals surface area contributed by atoms with Gasteiger partial charge in [-0.1, -0.05) is 97.1 Å². The Morgan fingerprint density at radius 1 is 0.816 bits per heavy atom. The molecule has 1 N–H and O–H groups in total. The van der Waals surface area contributed by atoms with Gasteiger partial charge >= 0.3 is 0 Å². The predicted molar refractivity (Wildman–Crippen MR) is 194 cm³/mol. The zero-order chi connectivity index (χ0) is 34.8. The van der Waals surface area contributed by atoms with Gasteiger partial charge in [0.15, 0.2) is 0 Å². The second-order valence-electron chi connectivity index (χ2n) is 12.8. The second-order valence-corrected chi connectivity index (χ2v) is 14.7. The molecule has 0 spiro atoms. The Bertz CT molecular complexity index is 1790. The van der Waals surface area contributed by atoms with Crippen LogP contribution < -0.4 is 14.4 Å². The van der Waals surface area contributed by atoms with Crippen LogP contribution in [0.5, 0.6) is 5.75 Å². The minimum absolute atomic E-state index is 0.0328. The molecule has 4 aromatic carbocycles. The van der Waals surface area contributed by atoms with Crippen molar-refractivity contribution in [3.8, 4) is 5.75 Å². The van der Waals surface area contributed by atoms with Gasteiger partial charge in [0.2, 0.25) is 11.8 Å². The van der Waals surface area contributed by atoms with E-state index >= 15 is 0 Å². The summed E-state index contributed by atoms with van der Waals surface area (Å²) in [7, 11) is -4.20. The summed E-state index contributed by atoms with van der Waals surface area (Å²) in [4.78, 5) is 30.6. The fourth-order valence-corrected chi connectivity index (χ4v) is 7.76. The molecule has 2 amide bonds. The number of ether oxygens (including phenoxy) is 1. The van der Waals surface area contributed by atoms with E-state index in [1.165, 1.54) is 12.1 Å². The fourth-order valence-electron chi connectivity index (χ4n) is 6.35. The molecule has 0 heterocycles. The van der Waals surface area contributed by atoms with Crippen LogP contribution in [0.1, 0.15) is 61.3 Å². The highest BCUT2D eigenvalue weighted by molar-refractivity contribution is 7.92. The number of nitrogens with zero attached hydrogens (tertiary/aromatic N) is 2. The van der Waals surface area contributed by atoms with Gasteiger partial charge in [-0.25, -0.2) is 8.42 Å². The standard InChI is InChI=1S/C40H47N3O5S/c1-4-48-36-22-24-37(25-23-36)49(46,47)43(35-20-18-30(2)19-21-35)29-39(44)42(28-33-15-11-12-31(3)26-33)38(27-32-13-7-5-8-14-32)40(45)41-34-16-9-6-10-17-34/h5,7-8,11-15,18-26,34,38H,4,6,9-10,16-17,27-29H2,1-3H3,(H,41,45). The molecule has 1 fully saturated rings. The number of aryl methyl sites for hydroxylation is 2. The number of hydrogen-bond donors (Lipinski definition) is 1. The lowest BCUT2D eigenvalue weighted by Gasteiger charge is -2.35. The van der Waals surface area contributed by atoms with Crippen molar-refractivity contribution in [2.45, 2.75) is 82.8 Å². The van der Waals surface area contributed by atoms with E-state index in [1.807, 2.05) is 87.5 Å². The molecule has 9 heteroatoms. The van der Waals surface area contributed by atoms with Gasteiger partial charge in [0.25, 0.3) is 10.0 Å². The number of rotatable bonds is 14. The van der Waals surface area contributed by atoms with Crippen molar-refractivity contribution in [1.82, 2.24) is 10.2 Å².